The zero-order chi connectivity index (χ0) is 13.8. The maximum atomic E-state index is 12.0. The highest BCUT2D eigenvalue weighted by atomic mass is 35.5. The van der Waals surface area contributed by atoms with Crippen LogP contribution < -0.4 is 5.32 Å². The molecular weight excluding hydrogens is 248 g/mol. The van der Waals surface area contributed by atoms with Gasteiger partial charge in [0, 0.05) is 11.6 Å². The fourth-order valence-electron chi connectivity index (χ4n) is 1.39. The van der Waals surface area contributed by atoms with E-state index in [-0.39, 0.29) is 5.91 Å². The maximum absolute atomic E-state index is 12.0. The van der Waals surface area contributed by atoms with Gasteiger partial charge in [-0.3, -0.25) is 9.69 Å². The molecule has 0 unspecified atom stereocenters. The summed E-state index contributed by atoms with van der Waals surface area (Å²) < 4.78 is 0. The van der Waals surface area contributed by atoms with Crippen LogP contribution in [0, 0.1) is 0 Å². The van der Waals surface area contributed by atoms with Crippen molar-refractivity contribution in [3.05, 3.63) is 34.9 Å². The third kappa shape index (κ3) is 4.00. The van der Waals surface area contributed by atoms with Crippen LogP contribution in [0.5, 0.6) is 0 Å². The molecule has 1 amide bonds. The van der Waals surface area contributed by atoms with Crippen LogP contribution in [0.4, 0.5) is 0 Å². The predicted octanol–water partition coefficient (Wildman–Crippen LogP) is 2.34. The zero-order valence-electron chi connectivity index (χ0n) is 11.5. The van der Waals surface area contributed by atoms with E-state index in [0.717, 1.165) is 11.4 Å². The molecule has 18 heavy (non-hydrogen) atoms. The van der Waals surface area contributed by atoms with Gasteiger partial charge < -0.3 is 5.32 Å². The van der Waals surface area contributed by atoms with Crippen molar-refractivity contribution >= 4 is 17.5 Å². The molecule has 4 heteroatoms. The van der Waals surface area contributed by atoms with Gasteiger partial charge in [0.05, 0.1) is 5.54 Å². The second-order valence-corrected chi connectivity index (χ2v) is 5.52. The van der Waals surface area contributed by atoms with E-state index < -0.39 is 5.54 Å². The van der Waals surface area contributed by atoms with Crippen molar-refractivity contribution in [2.45, 2.75) is 25.8 Å². The average Bonchev–Trinajstić information content (AvgIpc) is 2.31. The first-order chi connectivity index (χ1) is 8.34. The van der Waals surface area contributed by atoms with Crippen LogP contribution in [0.1, 0.15) is 19.4 Å². The molecule has 0 aromatic heterocycles. The van der Waals surface area contributed by atoms with E-state index in [1.165, 1.54) is 5.56 Å². The molecule has 0 aliphatic heterocycles. The van der Waals surface area contributed by atoms with E-state index in [4.69, 9.17) is 11.6 Å². The summed E-state index contributed by atoms with van der Waals surface area (Å²) in [6, 6.07) is 7.68. The fraction of sp³-hybridized carbons (Fsp3) is 0.500. The van der Waals surface area contributed by atoms with Crippen LogP contribution in [0.3, 0.4) is 0 Å². The number of rotatable bonds is 5. The quantitative estimate of drug-likeness (QED) is 0.889. The molecule has 1 aromatic rings. The highest BCUT2D eigenvalue weighted by molar-refractivity contribution is 6.30. The second kappa shape index (κ2) is 6.21. The normalized spacial score (nSPS) is 11.7. The van der Waals surface area contributed by atoms with E-state index in [0.29, 0.717) is 6.54 Å². The van der Waals surface area contributed by atoms with Crippen molar-refractivity contribution in [2.24, 2.45) is 0 Å². The topological polar surface area (TPSA) is 32.3 Å². The number of nitrogens with zero attached hydrogens (tertiary/aromatic N) is 1. The lowest BCUT2D eigenvalue weighted by atomic mass is 10.0. The Kier molecular flexibility index (Phi) is 5.17. The lowest BCUT2D eigenvalue weighted by Gasteiger charge is -2.30. The molecule has 1 rings (SSSR count). The van der Waals surface area contributed by atoms with E-state index in [9.17, 15) is 4.79 Å². The molecule has 1 N–H and O–H groups in total. The summed E-state index contributed by atoms with van der Waals surface area (Å²) in [7, 11) is 3.80. The molecule has 0 bridgehead atoms. The molecular formula is C14H21ClN2O. The summed E-state index contributed by atoms with van der Waals surface area (Å²) in [5.41, 5.74) is 0.683. The third-order valence-electron chi connectivity index (χ3n) is 3.29. The number of likely N-dealkylation sites (N-methyl/N-ethyl adjacent to an activating group) is 1. The van der Waals surface area contributed by atoms with Crippen LogP contribution in [0.2, 0.25) is 5.02 Å². The minimum absolute atomic E-state index is 0.0430. The lowest BCUT2D eigenvalue weighted by Crippen LogP contribution is -2.52. The standard InChI is InChI=1S/C14H21ClN2O/c1-14(2,17(3)4)13(18)16-10-9-11-5-7-12(15)8-6-11/h5-8H,9-10H2,1-4H3,(H,16,18). The first-order valence-electron chi connectivity index (χ1n) is 6.04. The Morgan fingerprint density at radius 1 is 1.28 bits per heavy atom. The van der Waals surface area contributed by atoms with Gasteiger partial charge in [-0.1, -0.05) is 23.7 Å². The minimum Gasteiger partial charge on any atom is -0.354 e. The van der Waals surface area contributed by atoms with E-state index >= 15 is 0 Å². The number of hydrogen-bond acceptors (Lipinski definition) is 2. The van der Waals surface area contributed by atoms with Crippen molar-refractivity contribution in [1.82, 2.24) is 10.2 Å². The smallest absolute Gasteiger partial charge is 0.239 e. The molecule has 0 aliphatic carbocycles. The Morgan fingerprint density at radius 3 is 2.33 bits per heavy atom. The molecule has 0 heterocycles. The number of benzene rings is 1. The van der Waals surface area contributed by atoms with Gasteiger partial charge >= 0.3 is 0 Å². The molecule has 1 aromatic carbocycles. The minimum atomic E-state index is -0.486. The molecule has 0 saturated carbocycles. The molecule has 0 saturated heterocycles. The van der Waals surface area contributed by atoms with Gasteiger partial charge in [0.15, 0.2) is 0 Å². The van der Waals surface area contributed by atoms with Gasteiger partial charge in [-0.25, -0.2) is 0 Å². The first-order valence-corrected chi connectivity index (χ1v) is 6.42. The van der Waals surface area contributed by atoms with Crippen LogP contribution in [0.15, 0.2) is 24.3 Å². The van der Waals surface area contributed by atoms with Crippen LogP contribution in [-0.4, -0.2) is 37.0 Å². The summed E-state index contributed by atoms with van der Waals surface area (Å²) in [6.45, 7) is 4.45. The summed E-state index contributed by atoms with van der Waals surface area (Å²) in [4.78, 5) is 13.9. The molecule has 0 radical (unpaired) electrons. The summed E-state index contributed by atoms with van der Waals surface area (Å²) in [5, 5.41) is 3.69. The number of nitrogens with one attached hydrogen (secondary N) is 1. The van der Waals surface area contributed by atoms with Gasteiger partial charge in [0.25, 0.3) is 0 Å². The summed E-state index contributed by atoms with van der Waals surface area (Å²) in [5.74, 6) is 0.0430. The molecule has 0 atom stereocenters. The van der Waals surface area contributed by atoms with Crippen LogP contribution in [-0.2, 0) is 11.2 Å². The SMILES string of the molecule is CN(C)C(C)(C)C(=O)NCCc1ccc(Cl)cc1. The molecule has 3 nitrogen and oxygen atoms in total. The fourth-order valence-corrected chi connectivity index (χ4v) is 1.52. The highest BCUT2D eigenvalue weighted by Gasteiger charge is 2.29. The van der Waals surface area contributed by atoms with E-state index in [1.807, 2.05) is 57.1 Å². The molecule has 0 aliphatic rings. The Bertz CT molecular complexity index is 399. The Morgan fingerprint density at radius 2 is 1.83 bits per heavy atom. The van der Waals surface area contributed by atoms with E-state index in [2.05, 4.69) is 5.32 Å². The van der Waals surface area contributed by atoms with Gasteiger partial charge in [0.2, 0.25) is 5.91 Å². The number of hydrogen-bond donors (Lipinski definition) is 1. The summed E-state index contributed by atoms with van der Waals surface area (Å²) in [6.07, 6.45) is 0.812. The number of carbonyl (C=O) groups is 1. The molecule has 0 fully saturated rings. The van der Waals surface area contributed by atoms with Crippen molar-refractivity contribution in [2.75, 3.05) is 20.6 Å². The maximum Gasteiger partial charge on any atom is 0.239 e. The third-order valence-corrected chi connectivity index (χ3v) is 3.54. The lowest BCUT2D eigenvalue weighted by molar-refractivity contribution is -0.130. The van der Waals surface area contributed by atoms with Crippen molar-refractivity contribution < 1.29 is 4.79 Å². The Hall–Kier alpha value is -1.06. The predicted molar refractivity (Wildman–Crippen MR) is 75.9 cm³/mol. The van der Waals surface area contributed by atoms with E-state index in [1.54, 1.807) is 0 Å². The zero-order valence-corrected chi connectivity index (χ0v) is 12.2. The Labute approximate surface area is 114 Å². The first kappa shape index (κ1) is 15.0. The number of halogens is 1. The summed E-state index contributed by atoms with van der Waals surface area (Å²) >= 11 is 5.82. The van der Waals surface area contributed by atoms with Gasteiger partial charge in [-0.05, 0) is 52.1 Å². The largest absolute Gasteiger partial charge is 0.354 e. The number of carbonyl (C=O) groups excluding carboxylic acids is 1. The van der Waals surface area contributed by atoms with Gasteiger partial charge in [-0.15, -0.1) is 0 Å². The van der Waals surface area contributed by atoms with Crippen molar-refractivity contribution in [1.29, 1.82) is 0 Å². The Balaban J connectivity index is 2.43. The number of amides is 1. The second-order valence-electron chi connectivity index (χ2n) is 5.09. The van der Waals surface area contributed by atoms with Crippen LogP contribution in [0.25, 0.3) is 0 Å². The van der Waals surface area contributed by atoms with Crippen LogP contribution >= 0.6 is 11.6 Å². The van der Waals surface area contributed by atoms with Crippen molar-refractivity contribution in [3.8, 4) is 0 Å². The average molecular weight is 269 g/mol. The van der Waals surface area contributed by atoms with Gasteiger partial charge in [0.1, 0.15) is 0 Å². The van der Waals surface area contributed by atoms with Gasteiger partial charge in [-0.2, -0.15) is 0 Å². The molecule has 0 spiro atoms. The van der Waals surface area contributed by atoms with Crippen molar-refractivity contribution in [3.63, 3.8) is 0 Å². The highest BCUT2D eigenvalue weighted by Crippen LogP contribution is 2.11. The monoisotopic (exact) mass is 268 g/mol. The molecule has 100 valence electrons.